The maximum atomic E-state index is 5.29. The topological polar surface area (TPSA) is 111 Å². The van der Waals surface area contributed by atoms with Crippen molar-refractivity contribution in [1.29, 1.82) is 0 Å². The Morgan fingerprint density at radius 1 is 1.26 bits per heavy atom. The van der Waals surface area contributed by atoms with Gasteiger partial charge in [-0.25, -0.2) is 5.84 Å². The highest BCUT2D eigenvalue weighted by molar-refractivity contribution is 5.37. The van der Waals surface area contributed by atoms with Crippen molar-refractivity contribution in [1.82, 2.24) is 19.9 Å². The van der Waals surface area contributed by atoms with Gasteiger partial charge in [-0.2, -0.15) is 15.0 Å². The van der Waals surface area contributed by atoms with Crippen LogP contribution in [-0.4, -0.2) is 27.0 Å². The Balaban J connectivity index is 2.18. The molecule has 0 amide bonds. The van der Waals surface area contributed by atoms with Crippen LogP contribution in [0.2, 0.25) is 0 Å². The third kappa shape index (κ3) is 3.26. The number of hydrazine groups is 1. The lowest BCUT2D eigenvalue weighted by Gasteiger charge is -2.14. The van der Waals surface area contributed by atoms with E-state index in [0.29, 0.717) is 5.95 Å². The van der Waals surface area contributed by atoms with E-state index in [1.54, 1.807) is 12.4 Å². The van der Waals surface area contributed by atoms with E-state index in [2.05, 4.69) is 30.7 Å². The van der Waals surface area contributed by atoms with Crippen LogP contribution in [0.4, 0.5) is 11.9 Å². The number of nitrogens with two attached hydrogens (primary N) is 1. The molecule has 0 spiro atoms. The van der Waals surface area contributed by atoms with Gasteiger partial charge in [-0.15, -0.1) is 0 Å². The summed E-state index contributed by atoms with van der Waals surface area (Å²) in [6.45, 7) is 1.98. The first kappa shape index (κ1) is 13.0. The van der Waals surface area contributed by atoms with Crippen molar-refractivity contribution in [3.8, 4) is 6.01 Å². The summed E-state index contributed by atoms with van der Waals surface area (Å²) in [4.78, 5) is 16.2. The minimum atomic E-state index is -0.00793. The molecule has 8 nitrogen and oxygen atoms in total. The van der Waals surface area contributed by atoms with Crippen LogP contribution >= 0.6 is 0 Å². The summed E-state index contributed by atoms with van der Waals surface area (Å²) >= 11 is 0. The molecule has 4 N–H and O–H groups in total. The van der Waals surface area contributed by atoms with Gasteiger partial charge in [-0.05, 0) is 18.6 Å². The van der Waals surface area contributed by atoms with Crippen molar-refractivity contribution in [3.05, 3.63) is 30.1 Å². The average Bonchev–Trinajstić information content (AvgIpc) is 2.47. The van der Waals surface area contributed by atoms with E-state index in [9.17, 15) is 0 Å². The molecule has 1 unspecified atom stereocenters. The van der Waals surface area contributed by atoms with Gasteiger partial charge >= 0.3 is 6.01 Å². The van der Waals surface area contributed by atoms with Crippen molar-refractivity contribution in [2.75, 3.05) is 17.9 Å². The van der Waals surface area contributed by atoms with E-state index in [4.69, 9.17) is 10.6 Å². The van der Waals surface area contributed by atoms with Crippen molar-refractivity contribution in [3.63, 3.8) is 0 Å². The molecule has 0 radical (unpaired) electrons. The second kappa shape index (κ2) is 5.91. The Kier molecular flexibility index (Phi) is 4.04. The minimum absolute atomic E-state index is 0.00793. The maximum Gasteiger partial charge on any atom is 0.322 e. The summed E-state index contributed by atoms with van der Waals surface area (Å²) in [6, 6.07) is 4.01. The van der Waals surface area contributed by atoms with Gasteiger partial charge in [-0.3, -0.25) is 10.4 Å². The Bertz CT molecular complexity index is 512. The lowest BCUT2D eigenvalue weighted by atomic mass is 10.1. The van der Waals surface area contributed by atoms with Gasteiger partial charge < -0.3 is 10.1 Å². The van der Waals surface area contributed by atoms with Crippen LogP contribution in [0.25, 0.3) is 0 Å². The van der Waals surface area contributed by atoms with Crippen LogP contribution in [0.1, 0.15) is 18.5 Å². The summed E-state index contributed by atoms with van der Waals surface area (Å²) in [5.41, 5.74) is 3.38. The second-order valence-corrected chi connectivity index (χ2v) is 3.77. The molecule has 0 aliphatic heterocycles. The van der Waals surface area contributed by atoms with Crippen molar-refractivity contribution >= 4 is 11.9 Å². The lowest BCUT2D eigenvalue weighted by molar-refractivity contribution is 0.379. The fraction of sp³-hybridized carbons (Fsp3) is 0.273. The third-order valence-electron chi connectivity index (χ3n) is 2.46. The number of aromatic nitrogens is 4. The molecule has 2 rings (SSSR count). The van der Waals surface area contributed by atoms with E-state index >= 15 is 0 Å². The van der Waals surface area contributed by atoms with Gasteiger partial charge in [0, 0.05) is 12.4 Å². The molecule has 0 aromatic carbocycles. The van der Waals surface area contributed by atoms with E-state index in [0.717, 1.165) is 5.56 Å². The van der Waals surface area contributed by atoms with Crippen LogP contribution in [0.3, 0.4) is 0 Å². The zero-order valence-electron chi connectivity index (χ0n) is 10.7. The molecule has 0 saturated heterocycles. The van der Waals surface area contributed by atoms with Gasteiger partial charge in [0.15, 0.2) is 0 Å². The number of hydrogen-bond donors (Lipinski definition) is 3. The van der Waals surface area contributed by atoms with Gasteiger partial charge in [-0.1, -0.05) is 6.07 Å². The highest BCUT2D eigenvalue weighted by Crippen LogP contribution is 2.17. The van der Waals surface area contributed by atoms with Crippen LogP contribution < -0.4 is 21.3 Å². The number of methoxy groups -OCH3 is 1. The summed E-state index contributed by atoms with van der Waals surface area (Å²) in [6.07, 6.45) is 3.50. The first-order chi connectivity index (χ1) is 9.22. The SMILES string of the molecule is COc1nc(NN)nc(NC(C)c2cccnc2)n1. The number of pyridine rings is 1. The third-order valence-corrected chi connectivity index (χ3v) is 2.46. The smallest absolute Gasteiger partial charge is 0.322 e. The molecule has 0 fully saturated rings. The maximum absolute atomic E-state index is 5.29. The second-order valence-electron chi connectivity index (χ2n) is 3.77. The summed E-state index contributed by atoms with van der Waals surface area (Å²) in [5, 5.41) is 3.13. The number of nitrogens with zero attached hydrogens (tertiary/aromatic N) is 4. The molecule has 0 aliphatic carbocycles. The summed E-state index contributed by atoms with van der Waals surface area (Å²) < 4.78 is 4.97. The van der Waals surface area contributed by atoms with Gasteiger partial charge in [0.2, 0.25) is 11.9 Å². The molecule has 0 bridgehead atoms. The minimum Gasteiger partial charge on any atom is -0.467 e. The largest absolute Gasteiger partial charge is 0.467 e. The number of ether oxygens (including phenoxy) is 1. The van der Waals surface area contributed by atoms with Crippen molar-refractivity contribution in [2.24, 2.45) is 5.84 Å². The lowest BCUT2D eigenvalue weighted by Crippen LogP contribution is -2.15. The molecule has 100 valence electrons. The van der Waals surface area contributed by atoms with Crippen LogP contribution in [0.5, 0.6) is 6.01 Å². The monoisotopic (exact) mass is 261 g/mol. The molecule has 2 heterocycles. The molecule has 2 aromatic heterocycles. The number of hydrogen-bond acceptors (Lipinski definition) is 8. The van der Waals surface area contributed by atoms with E-state index in [-0.39, 0.29) is 18.0 Å². The van der Waals surface area contributed by atoms with Crippen LogP contribution in [0.15, 0.2) is 24.5 Å². The predicted octanol–water partition coefficient (Wildman–Crippen LogP) is 0.734. The highest BCUT2D eigenvalue weighted by Gasteiger charge is 2.10. The van der Waals surface area contributed by atoms with E-state index < -0.39 is 0 Å². The number of nitrogens with one attached hydrogen (secondary N) is 2. The first-order valence-electron chi connectivity index (χ1n) is 5.66. The zero-order valence-corrected chi connectivity index (χ0v) is 10.7. The fourth-order valence-corrected chi connectivity index (χ4v) is 1.49. The number of anilines is 2. The van der Waals surface area contributed by atoms with Gasteiger partial charge in [0.05, 0.1) is 13.2 Å². The fourth-order valence-electron chi connectivity index (χ4n) is 1.49. The predicted molar refractivity (Wildman–Crippen MR) is 70.5 cm³/mol. The summed E-state index contributed by atoms with van der Waals surface area (Å²) in [5.74, 6) is 5.89. The average molecular weight is 261 g/mol. The normalized spacial score (nSPS) is 11.7. The Labute approximate surface area is 110 Å². The number of nitrogen functional groups attached to an aromatic ring is 1. The Morgan fingerprint density at radius 2 is 2.05 bits per heavy atom. The van der Waals surface area contributed by atoms with Crippen LogP contribution in [0, 0.1) is 0 Å². The molecule has 8 heteroatoms. The number of rotatable bonds is 5. The van der Waals surface area contributed by atoms with Crippen molar-refractivity contribution < 1.29 is 4.74 Å². The Morgan fingerprint density at radius 3 is 2.68 bits per heavy atom. The van der Waals surface area contributed by atoms with Gasteiger partial charge in [0.25, 0.3) is 0 Å². The van der Waals surface area contributed by atoms with Crippen LogP contribution in [-0.2, 0) is 0 Å². The zero-order chi connectivity index (χ0) is 13.7. The standard InChI is InChI=1S/C11H15N7O/c1-7(8-4-3-5-13-6-8)14-9-15-10(18-12)17-11(16-9)19-2/h3-7H,12H2,1-2H3,(H2,14,15,16,17,18). The highest BCUT2D eigenvalue weighted by atomic mass is 16.5. The molecule has 1 atom stereocenters. The van der Waals surface area contributed by atoms with E-state index in [1.165, 1.54) is 7.11 Å². The molecule has 0 saturated carbocycles. The van der Waals surface area contributed by atoms with Crippen molar-refractivity contribution in [2.45, 2.75) is 13.0 Å². The molecular weight excluding hydrogens is 246 g/mol. The quantitative estimate of drug-likeness (QED) is 0.533. The van der Waals surface area contributed by atoms with Gasteiger partial charge in [0.1, 0.15) is 0 Å². The summed E-state index contributed by atoms with van der Waals surface area (Å²) in [7, 11) is 1.48. The molecule has 2 aromatic rings. The molecule has 0 aliphatic rings. The molecular formula is C11H15N7O. The Hall–Kier alpha value is -2.48. The first-order valence-corrected chi connectivity index (χ1v) is 5.66. The van der Waals surface area contributed by atoms with E-state index in [1.807, 2.05) is 19.1 Å². The molecule has 19 heavy (non-hydrogen) atoms.